The minimum absolute atomic E-state index is 0. The van der Waals surface area contributed by atoms with E-state index in [1.807, 2.05) is 0 Å². The molecule has 0 spiro atoms. The summed E-state index contributed by atoms with van der Waals surface area (Å²) in [5, 5.41) is 12.9. The molecule has 0 saturated heterocycles. The summed E-state index contributed by atoms with van der Waals surface area (Å²) in [6, 6.07) is 7.26. The average Bonchev–Trinajstić information content (AvgIpc) is 2.42. The SMILES string of the molecule is Cl.OC(CNCc1c(F)cccc1Cl)c1ccc(F)cc1F. The Hall–Kier alpha value is -1.27. The number of hydrogen-bond donors (Lipinski definition) is 2. The van der Waals surface area contributed by atoms with Crippen LogP contribution < -0.4 is 5.32 Å². The molecule has 120 valence electrons. The molecular formula is C15H14Cl2F3NO. The van der Waals surface area contributed by atoms with Crippen LogP contribution in [0.4, 0.5) is 13.2 Å². The number of halogens is 5. The highest BCUT2D eigenvalue weighted by Gasteiger charge is 2.14. The quantitative estimate of drug-likeness (QED) is 0.853. The summed E-state index contributed by atoms with van der Waals surface area (Å²) in [7, 11) is 0. The molecule has 0 radical (unpaired) electrons. The average molecular weight is 352 g/mol. The predicted octanol–water partition coefficient (Wildman–Crippen LogP) is 4.00. The van der Waals surface area contributed by atoms with Crippen LogP contribution in [0.15, 0.2) is 36.4 Å². The van der Waals surface area contributed by atoms with E-state index in [0.29, 0.717) is 6.07 Å². The van der Waals surface area contributed by atoms with E-state index >= 15 is 0 Å². The monoisotopic (exact) mass is 351 g/mol. The lowest BCUT2D eigenvalue weighted by molar-refractivity contribution is 0.169. The molecule has 0 saturated carbocycles. The zero-order valence-electron chi connectivity index (χ0n) is 11.3. The molecule has 0 heterocycles. The number of benzene rings is 2. The molecule has 1 atom stereocenters. The summed E-state index contributed by atoms with van der Waals surface area (Å²) >= 11 is 5.86. The van der Waals surface area contributed by atoms with Gasteiger partial charge in [-0.2, -0.15) is 0 Å². The molecule has 1 unspecified atom stereocenters. The maximum atomic E-state index is 13.5. The van der Waals surface area contributed by atoms with E-state index in [9.17, 15) is 18.3 Å². The third-order valence-corrected chi connectivity index (χ3v) is 3.38. The van der Waals surface area contributed by atoms with E-state index in [2.05, 4.69) is 5.32 Å². The Morgan fingerprint density at radius 2 is 1.82 bits per heavy atom. The van der Waals surface area contributed by atoms with Gasteiger partial charge in [0.1, 0.15) is 17.5 Å². The Labute approximate surface area is 137 Å². The topological polar surface area (TPSA) is 32.3 Å². The molecule has 22 heavy (non-hydrogen) atoms. The third kappa shape index (κ3) is 4.61. The maximum absolute atomic E-state index is 13.5. The fourth-order valence-corrected chi connectivity index (χ4v) is 2.15. The lowest BCUT2D eigenvalue weighted by Crippen LogP contribution is -2.22. The highest BCUT2D eigenvalue weighted by molar-refractivity contribution is 6.31. The van der Waals surface area contributed by atoms with E-state index in [1.54, 1.807) is 6.07 Å². The lowest BCUT2D eigenvalue weighted by atomic mass is 10.1. The minimum atomic E-state index is -1.17. The van der Waals surface area contributed by atoms with Gasteiger partial charge in [-0.3, -0.25) is 0 Å². The van der Waals surface area contributed by atoms with Crippen molar-refractivity contribution in [1.29, 1.82) is 0 Å². The van der Waals surface area contributed by atoms with E-state index in [-0.39, 0.29) is 41.6 Å². The van der Waals surface area contributed by atoms with Gasteiger partial charge < -0.3 is 10.4 Å². The van der Waals surface area contributed by atoms with Crippen LogP contribution in [0.25, 0.3) is 0 Å². The van der Waals surface area contributed by atoms with Gasteiger partial charge >= 0.3 is 0 Å². The standard InChI is InChI=1S/C15H13ClF3NO.ClH/c16-12-2-1-3-13(18)11(12)7-20-8-15(21)10-5-4-9(17)6-14(10)19;/h1-6,15,20-21H,7-8H2;1H. The summed E-state index contributed by atoms with van der Waals surface area (Å²) in [6.45, 7) is 0.0681. The van der Waals surface area contributed by atoms with Crippen molar-refractivity contribution in [2.45, 2.75) is 12.6 Å². The maximum Gasteiger partial charge on any atom is 0.131 e. The molecule has 2 aromatic carbocycles. The van der Waals surface area contributed by atoms with Gasteiger partial charge in [0, 0.05) is 35.3 Å². The first-order valence-corrected chi connectivity index (χ1v) is 6.63. The second kappa shape index (κ2) is 8.39. The summed E-state index contributed by atoms with van der Waals surface area (Å²) in [6.07, 6.45) is -1.17. The molecule has 0 aliphatic rings. The molecule has 0 aromatic heterocycles. The molecule has 2 nitrogen and oxygen atoms in total. The molecule has 0 fully saturated rings. The first-order chi connectivity index (χ1) is 9.99. The van der Waals surface area contributed by atoms with Crippen molar-refractivity contribution in [3.8, 4) is 0 Å². The van der Waals surface area contributed by atoms with Crippen molar-refractivity contribution in [1.82, 2.24) is 5.32 Å². The molecule has 0 aliphatic heterocycles. The lowest BCUT2D eigenvalue weighted by Gasteiger charge is -2.14. The number of rotatable bonds is 5. The van der Waals surface area contributed by atoms with Crippen molar-refractivity contribution >= 4 is 24.0 Å². The summed E-state index contributed by atoms with van der Waals surface area (Å²) in [4.78, 5) is 0. The van der Waals surface area contributed by atoms with Gasteiger partial charge in [-0.25, -0.2) is 13.2 Å². The normalized spacial score (nSPS) is 11.9. The molecule has 2 rings (SSSR count). The molecule has 7 heteroatoms. The van der Waals surface area contributed by atoms with Crippen LogP contribution in [0, 0.1) is 17.5 Å². The van der Waals surface area contributed by atoms with E-state index in [1.165, 1.54) is 18.2 Å². The zero-order chi connectivity index (χ0) is 15.4. The van der Waals surface area contributed by atoms with Gasteiger partial charge in [-0.05, 0) is 18.2 Å². The second-order valence-corrected chi connectivity index (χ2v) is 4.92. The highest BCUT2D eigenvalue weighted by Crippen LogP contribution is 2.20. The van der Waals surface area contributed by atoms with Gasteiger partial charge in [0.2, 0.25) is 0 Å². The highest BCUT2D eigenvalue weighted by atomic mass is 35.5. The third-order valence-electron chi connectivity index (χ3n) is 3.02. The van der Waals surface area contributed by atoms with Gasteiger partial charge in [-0.1, -0.05) is 23.7 Å². The largest absolute Gasteiger partial charge is 0.387 e. The Balaban J connectivity index is 0.00000242. The molecule has 0 amide bonds. The fraction of sp³-hybridized carbons (Fsp3) is 0.200. The van der Waals surface area contributed by atoms with E-state index in [0.717, 1.165) is 6.07 Å². The zero-order valence-corrected chi connectivity index (χ0v) is 12.9. The number of aliphatic hydroxyl groups is 1. The fourth-order valence-electron chi connectivity index (χ4n) is 1.92. The molecule has 2 N–H and O–H groups in total. The molecular weight excluding hydrogens is 338 g/mol. The number of nitrogens with one attached hydrogen (secondary N) is 1. The van der Waals surface area contributed by atoms with E-state index in [4.69, 9.17) is 11.6 Å². The smallest absolute Gasteiger partial charge is 0.131 e. The number of hydrogen-bond acceptors (Lipinski definition) is 2. The Kier molecular flexibility index (Phi) is 7.16. The minimum Gasteiger partial charge on any atom is -0.387 e. The van der Waals surface area contributed by atoms with Crippen LogP contribution in [0.3, 0.4) is 0 Å². The van der Waals surface area contributed by atoms with Crippen LogP contribution in [0.5, 0.6) is 0 Å². The van der Waals surface area contributed by atoms with Crippen molar-refractivity contribution in [3.05, 3.63) is 70.0 Å². The first kappa shape index (κ1) is 18.8. The van der Waals surface area contributed by atoms with Crippen LogP contribution in [0.2, 0.25) is 5.02 Å². The van der Waals surface area contributed by atoms with Gasteiger partial charge in [0.15, 0.2) is 0 Å². The Bertz CT molecular complexity index is 620. The van der Waals surface area contributed by atoms with Crippen LogP contribution >= 0.6 is 24.0 Å². The molecule has 2 aromatic rings. The van der Waals surface area contributed by atoms with Crippen molar-refractivity contribution in [2.24, 2.45) is 0 Å². The van der Waals surface area contributed by atoms with Crippen molar-refractivity contribution in [3.63, 3.8) is 0 Å². The molecule has 0 aliphatic carbocycles. The van der Waals surface area contributed by atoms with Crippen LogP contribution in [-0.2, 0) is 6.54 Å². The Morgan fingerprint density at radius 3 is 2.45 bits per heavy atom. The summed E-state index contributed by atoms with van der Waals surface area (Å²) < 4.78 is 39.8. The Morgan fingerprint density at radius 1 is 1.09 bits per heavy atom. The van der Waals surface area contributed by atoms with E-state index < -0.39 is 23.6 Å². The summed E-state index contributed by atoms with van der Waals surface area (Å²) in [5.41, 5.74) is 0.245. The van der Waals surface area contributed by atoms with Gasteiger partial charge in [0.25, 0.3) is 0 Å². The molecule has 0 bridgehead atoms. The first-order valence-electron chi connectivity index (χ1n) is 6.25. The van der Waals surface area contributed by atoms with Gasteiger partial charge in [0.05, 0.1) is 6.10 Å². The van der Waals surface area contributed by atoms with Crippen molar-refractivity contribution < 1.29 is 18.3 Å². The predicted molar refractivity (Wildman–Crippen MR) is 81.7 cm³/mol. The van der Waals surface area contributed by atoms with Crippen LogP contribution in [0.1, 0.15) is 17.2 Å². The van der Waals surface area contributed by atoms with Crippen molar-refractivity contribution in [2.75, 3.05) is 6.54 Å². The second-order valence-electron chi connectivity index (χ2n) is 4.51. The number of aliphatic hydroxyl groups excluding tert-OH is 1. The van der Waals surface area contributed by atoms with Gasteiger partial charge in [-0.15, -0.1) is 12.4 Å². The summed E-state index contributed by atoms with van der Waals surface area (Å²) in [5.74, 6) is -2.00. The van der Waals surface area contributed by atoms with Crippen LogP contribution in [-0.4, -0.2) is 11.7 Å².